The average Bonchev–Trinajstić information content (AvgIpc) is 2.69. The molecule has 1 aromatic carbocycles. The van der Waals surface area contributed by atoms with E-state index in [9.17, 15) is 5.11 Å². The SMILES string of the molecule is COc1ccc2c(c1)CCN(CCCCCCCCl)CC2O. The molecule has 1 N–H and O–H groups in total. The minimum atomic E-state index is -0.389. The van der Waals surface area contributed by atoms with Crippen LogP contribution < -0.4 is 4.74 Å². The Labute approximate surface area is 139 Å². The van der Waals surface area contributed by atoms with Gasteiger partial charge in [0.1, 0.15) is 5.75 Å². The lowest BCUT2D eigenvalue weighted by molar-refractivity contribution is 0.119. The second kappa shape index (κ2) is 9.39. The predicted molar refractivity (Wildman–Crippen MR) is 91.9 cm³/mol. The molecule has 0 aliphatic carbocycles. The number of β-amino-alcohol motifs (C(OH)–C–C–N with tert-alkyl or cyclic N) is 1. The molecule has 1 aliphatic rings. The predicted octanol–water partition coefficient (Wildman–Crippen LogP) is 3.78. The molecule has 1 unspecified atom stereocenters. The normalized spacial score (nSPS) is 18.8. The lowest BCUT2D eigenvalue weighted by Crippen LogP contribution is -2.29. The Hall–Kier alpha value is -0.770. The van der Waals surface area contributed by atoms with E-state index in [0.717, 1.165) is 49.7 Å². The largest absolute Gasteiger partial charge is 0.497 e. The Bertz CT molecular complexity index is 453. The molecule has 4 heteroatoms. The number of alkyl halides is 1. The highest BCUT2D eigenvalue weighted by atomic mass is 35.5. The van der Waals surface area contributed by atoms with E-state index in [2.05, 4.69) is 11.0 Å². The first-order chi connectivity index (χ1) is 10.7. The average molecular weight is 326 g/mol. The van der Waals surface area contributed by atoms with E-state index >= 15 is 0 Å². The fourth-order valence-corrected chi connectivity index (χ4v) is 3.32. The van der Waals surface area contributed by atoms with E-state index in [1.807, 2.05) is 12.1 Å². The number of hydrogen-bond acceptors (Lipinski definition) is 3. The van der Waals surface area contributed by atoms with Crippen LogP contribution >= 0.6 is 11.6 Å². The number of fused-ring (bicyclic) bond motifs is 1. The van der Waals surface area contributed by atoms with Crippen molar-refractivity contribution in [1.29, 1.82) is 0 Å². The highest BCUT2D eigenvalue weighted by molar-refractivity contribution is 6.17. The lowest BCUT2D eigenvalue weighted by atomic mass is 10.0. The molecule has 0 radical (unpaired) electrons. The summed E-state index contributed by atoms with van der Waals surface area (Å²) >= 11 is 5.69. The number of aliphatic hydroxyl groups is 1. The Morgan fingerprint density at radius 1 is 1.23 bits per heavy atom. The molecule has 0 saturated heterocycles. The van der Waals surface area contributed by atoms with Gasteiger partial charge < -0.3 is 14.7 Å². The van der Waals surface area contributed by atoms with Crippen molar-refractivity contribution in [3.8, 4) is 5.75 Å². The molecule has 2 rings (SSSR count). The number of rotatable bonds is 8. The molecule has 3 nitrogen and oxygen atoms in total. The summed E-state index contributed by atoms with van der Waals surface area (Å²) in [7, 11) is 1.69. The molecule has 1 atom stereocenters. The van der Waals surface area contributed by atoms with Crippen molar-refractivity contribution in [3.63, 3.8) is 0 Å². The first-order valence-electron chi connectivity index (χ1n) is 8.38. The van der Waals surface area contributed by atoms with Gasteiger partial charge in [0.2, 0.25) is 0 Å². The molecule has 1 aromatic rings. The Morgan fingerprint density at radius 2 is 2.00 bits per heavy atom. The monoisotopic (exact) mass is 325 g/mol. The van der Waals surface area contributed by atoms with Gasteiger partial charge in [0.15, 0.2) is 0 Å². The van der Waals surface area contributed by atoms with E-state index in [1.54, 1.807) is 7.11 Å². The van der Waals surface area contributed by atoms with Crippen LogP contribution in [-0.4, -0.2) is 42.6 Å². The minimum absolute atomic E-state index is 0.389. The van der Waals surface area contributed by atoms with Gasteiger partial charge in [-0.2, -0.15) is 0 Å². The van der Waals surface area contributed by atoms with Crippen LogP contribution in [0.4, 0.5) is 0 Å². The molecule has 22 heavy (non-hydrogen) atoms. The van der Waals surface area contributed by atoms with Gasteiger partial charge in [-0.1, -0.05) is 25.3 Å². The van der Waals surface area contributed by atoms with Crippen LogP contribution in [-0.2, 0) is 6.42 Å². The molecule has 1 aliphatic heterocycles. The molecule has 0 fully saturated rings. The molecule has 1 heterocycles. The Morgan fingerprint density at radius 3 is 2.77 bits per heavy atom. The van der Waals surface area contributed by atoms with Gasteiger partial charge in [0, 0.05) is 19.0 Å². The van der Waals surface area contributed by atoms with Crippen LogP contribution in [0.15, 0.2) is 18.2 Å². The second-order valence-electron chi connectivity index (χ2n) is 6.09. The van der Waals surface area contributed by atoms with Gasteiger partial charge in [-0.3, -0.25) is 0 Å². The van der Waals surface area contributed by atoms with Crippen molar-refractivity contribution in [2.45, 2.75) is 44.6 Å². The minimum Gasteiger partial charge on any atom is -0.497 e. The number of halogens is 1. The van der Waals surface area contributed by atoms with Crippen LogP contribution in [0.1, 0.15) is 49.3 Å². The molecule has 0 aromatic heterocycles. The quantitative estimate of drug-likeness (QED) is 0.583. The molecule has 0 saturated carbocycles. The van der Waals surface area contributed by atoms with Gasteiger partial charge in [0.25, 0.3) is 0 Å². The number of methoxy groups -OCH3 is 1. The van der Waals surface area contributed by atoms with Gasteiger partial charge in [-0.05, 0) is 49.1 Å². The third-order valence-electron chi connectivity index (χ3n) is 4.45. The summed E-state index contributed by atoms with van der Waals surface area (Å²) in [5.74, 6) is 1.65. The summed E-state index contributed by atoms with van der Waals surface area (Å²) < 4.78 is 5.29. The Balaban J connectivity index is 1.81. The number of aliphatic hydroxyl groups excluding tert-OH is 1. The molecule has 0 amide bonds. The maximum atomic E-state index is 10.5. The standard InChI is InChI=1S/C18H28ClNO2/c1-22-16-7-8-17-15(13-16)9-12-20(14-18(17)21)11-6-4-2-3-5-10-19/h7-8,13,18,21H,2-6,9-12,14H2,1H3. The summed E-state index contributed by atoms with van der Waals surface area (Å²) in [5, 5.41) is 10.5. The number of nitrogens with zero attached hydrogens (tertiary/aromatic N) is 1. The molecular weight excluding hydrogens is 298 g/mol. The number of hydrogen-bond donors (Lipinski definition) is 1. The summed E-state index contributed by atoms with van der Waals surface area (Å²) in [4.78, 5) is 2.39. The fraction of sp³-hybridized carbons (Fsp3) is 0.667. The van der Waals surface area contributed by atoms with Crippen LogP contribution in [0.3, 0.4) is 0 Å². The number of ether oxygens (including phenoxy) is 1. The maximum Gasteiger partial charge on any atom is 0.119 e. The molecular formula is C18H28ClNO2. The van der Waals surface area contributed by atoms with E-state index in [1.165, 1.54) is 31.2 Å². The van der Waals surface area contributed by atoms with E-state index in [-0.39, 0.29) is 6.10 Å². The van der Waals surface area contributed by atoms with E-state index in [4.69, 9.17) is 16.3 Å². The van der Waals surface area contributed by atoms with Crippen molar-refractivity contribution < 1.29 is 9.84 Å². The van der Waals surface area contributed by atoms with Crippen LogP contribution in [0.25, 0.3) is 0 Å². The lowest BCUT2D eigenvalue weighted by Gasteiger charge is -2.21. The van der Waals surface area contributed by atoms with Crippen LogP contribution in [0.2, 0.25) is 0 Å². The highest BCUT2D eigenvalue weighted by Gasteiger charge is 2.21. The zero-order valence-electron chi connectivity index (χ0n) is 13.6. The zero-order valence-corrected chi connectivity index (χ0v) is 14.3. The topological polar surface area (TPSA) is 32.7 Å². The number of unbranched alkanes of at least 4 members (excludes halogenated alkanes) is 4. The van der Waals surface area contributed by atoms with Crippen molar-refractivity contribution in [2.24, 2.45) is 0 Å². The van der Waals surface area contributed by atoms with Gasteiger partial charge in [-0.25, -0.2) is 0 Å². The smallest absolute Gasteiger partial charge is 0.119 e. The van der Waals surface area contributed by atoms with Crippen molar-refractivity contribution >= 4 is 11.6 Å². The molecule has 0 spiro atoms. The second-order valence-corrected chi connectivity index (χ2v) is 6.47. The summed E-state index contributed by atoms with van der Waals surface area (Å²) in [5.41, 5.74) is 2.28. The third-order valence-corrected chi connectivity index (χ3v) is 4.71. The van der Waals surface area contributed by atoms with Gasteiger partial charge in [0.05, 0.1) is 13.2 Å². The fourth-order valence-electron chi connectivity index (χ4n) is 3.13. The van der Waals surface area contributed by atoms with Crippen molar-refractivity contribution in [3.05, 3.63) is 29.3 Å². The van der Waals surface area contributed by atoms with E-state index < -0.39 is 0 Å². The van der Waals surface area contributed by atoms with Crippen molar-refractivity contribution in [2.75, 3.05) is 32.6 Å². The first-order valence-corrected chi connectivity index (χ1v) is 8.91. The van der Waals surface area contributed by atoms with Gasteiger partial charge in [-0.15, -0.1) is 11.6 Å². The Kier molecular flexibility index (Phi) is 7.50. The zero-order chi connectivity index (χ0) is 15.8. The highest BCUT2D eigenvalue weighted by Crippen LogP contribution is 2.27. The molecule has 0 bridgehead atoms. The van der Waals surface area contributed by atoms with Crippen LogP contribution in [0, 0.1) is 0 Å². The van der Waals surface area contributed by atoms with Crippen LogP contribution in [0.5, 0.6) is 5.75 Å². The first kappa shape index (κ1) is 17.6. The summed E-state index contributed by atoms with van der Waals surface area (Å²) in [6, 6.07) is 6.01. The van der Waals surface area contributed by atoms with Crippen molar-refractivity contribution in [1.82, 2.24) is 4.90 Å². The van der Waals surface area contributed by atoms with Gasteiger partial charge >= 0.3 is 0 Å². The summed E-state index contributed by atoms with van der Waals surface area (Å²) in [6.07, 6.45) is 6.67. The maximum absolute atomic E-state index is 10.5. The van der Waals surface area contributed by atoms with E-state index in [0.29, 0.717) is 0 Å². The summed E-state index contributed by atoms with van der Waals surface area (Å²) in [6.45, 7) is 2.82. The third kappa shape index (κ3) is 5.15. The number of benzene rings is 1. The molecule has 124 valence electrons.